The molecule has 0 aliphatic carbocycles. The van der Waals surface area contributed by atoms with E-state index in [-0.39, 0.29) is 5.82 Å². The van der Waals surface area contributed by atoms with Gasteiger partial charge in [-0.25, -0.2) is 4.39 Å². The van der Waals surface area contributed by atoms with E-state index in [4.69, 9.17) is 4.74 Å². The van der Waals surface area contributed by atoms with Crippen LogP contribution in [-0.4, -0.2) is 4.98 Å². The molecule has 1 heterocycles. The molecule has 0 aliphatic rings. The summed E-state index contributed by atoms with van der Waals surface area (Å²) in [5, 5.41) is 1.10. The van der Waals surface area contributed by atoms with Crippen LogP contribution in [0.15, 0.2) is 54.7 Å². The molecular weight excluding hydrogens is 229 g/mol. The molecule has 3 rings (SSSR count). The minimum absolute atomic E-state index is 0.239. The van der Waals surface area contributed by atoms with E-state index in [1.54, 1.807) is 6.07 Å². The average molecular weight is 241 g/mol. The lowest BCUT2D eigenvalue weighted by Gasteiger charge is -2.06. The molecule has 18 heavy (non-hydrogen) atoms. The van der Waals surface area contributed by atoms with Crippen LogP contribution in [0.2, 0.25) is 0 Å². The topological polar surface area (TPSA) is 25.0 Å². The summed E-state index contributed by atoms with van der Waals surface area (Å²) in [6.07, 6.45) is 1.89. The predicted molar refractivity (Wildman–Crippen MR) is 69.0 cm³/mol. The number of H-pyrrole nitrogens is 1. The number of ether oxygens (including phenoxy) is 1. The molecule has 0 spiro atoms. The van der Waals surface area contributed by atoms with Crippen molar-refractivity contribution in [1.82, 2.24) is 4.98 Å². The second-order valence-electron chi connectivity index (χ2n) is 4.15. The van der Waals surface area contributed by atoms with E-state index in [1.165, 1.54) is 12.1 Å². The zero-order valence-corrected chi connectivity index (χ0v) is 9.69. The quantitative estimate of drug-likeness (QED) is 0.739. The fourth-order valence-corrected chi connectivity index (χ4v) is 1.91. The molecule has 0 bridgehead atoms. The maximum absolute atomic E-state index is 13.0. The lowest BCUT2D eigenvalue weighted by Crippen LogP contribution is -1.95. The molecule has 0 radical (unpaired) electrons. The van der Waals surface area contributed by atoms with Crippen molar-refractivity contribution in [1.29, 1.82) is 0 Å². The largest absolute Gasteiger partial charge is 0.489 e. The summed E-state index contributed by atoms with van der Waals surface area (Å²) in [6.45, 7) is 0.369. The standard InChI is InChI=1S/C15H12FNO/c16-13-3-1-2-11(8-13)10-18-14-4-5-15-12(9-14)6-7-17-15/h1-9,17H,10H2. The second kappa shape index (κ2) is 4.53. The van der Waals surface area contributed by atoms with Gasteiger partial charge in [0.05, 0.1) is 0 Å². The third-order valence-electron chi connectivity index (χ3n) is 2.82. The van der Waals surface area contributed by atoms with Crippen molar-refractivity contribution in [2.45, 2.75) is 6.61 Å². The van der Waals surface area contributed by atoms with E-state index in [0.717, 1.165) is 22.2 Å². The summed E-state index contributed by atoms with van der Waals surface area (Å²) in [5.41, 5.74) is 1.90. The number of aromatic nitrogens is 1. The fraction of sp³-hybridized carbons (Fsp3) is 0.0667. The SMILES string of the molecule is Fc1cccc(COc2ccc3[nH]ccc3c2)c1. The molecule has 0 saturated carbocycles. The van der Waals surface area contributed by atoms with E-state index < -0.39 is 0 Å². The van der Waals surface area contributed by atoms with E-state index in [2.05, 4.69) is 4.98 Å². The first-order chi connectivity index (χ1) is 8.81. The van der Waals surface area contributed by atoms with Crippen molar-refractivity contribution in [2.24, 2.45) is 0 Å². The van der Waals surface area contributed by atoms with Crippen LogP contribution in [0.5, 0.6) is 5.75 Å². The van der Waals surface area contributed by atoms with E-state index in [9.17, 15) is 4.39 Å². The molecule has 0 aliphatic heterocycles. The van der Waals surface area contributed by atoms with Gasteiger partial charge in [0.15, 0.2) is 0 Å². The third kappa shape index (κ3) is 2.20. The van der Waals surface area contributed by atoms with Gasteiger partial charge in [0.1, 0.15) is 18.2 Å². The highest BCUT2D eigenvalue weighted by molar-refractivity contribution is 5.80. The monoisotopic (exact) mass is 241 g/mol. The van der Waals surface area contributed by atoms with Gasteiger partial charge in [0.2, 0.25) is 0 Å². The Morgan fingerprint density at radius 2 is 2.00 bits per heavy atom. The first-order valence-electron chi connectivity index (χ1n) is 5.76. The molecule has 2 nitrogen and oxygen atoms in total. The zero-order chi connectivity index (χ0) is 12.4. The van der Waals surface area contributed by atoms with Crippen LogP contribution in [0, 0.1) is 5.82 Å². The Balaban J connectivity index is 1.76. The Morgan fingerprint density at radius 3 is 2.89 bits per heavy atom. The molecule has 1 aromatic heterocycles. The molecule has 0 saturated heterocycles. The summed E-state index contributed by atoms with van der Waals surface area (Å²) in [7, 11) is 0. The average Bonchev–Trinajstić information content (AvgIpc) is 2.84. The lowest BCUT2D eigenvalue weighted by molar-refractivity contribution is 0.306. The van der Waals surface area contributed by atoms with Gasteiger partial charge in [-0.1, -0.05) is 12.1 Å². The normalized spacial score (nSPS) is 10.7. The van der Waals surface area contributed by atoms with Gasteiger partial charge in [-0.3, -0.25) is 0 Å². The molecule has 3 heteroatoms. The van der Waals surface area contributed by atoms with Crippen LogP contribution in [0.4, 0.5) is 4.39 Å². The highest BCUT2D eigenvalue weighted by Crippen LogP contribution is 2.20. The van der Waals surface area contributed by atoms with Crippen molar-refractivity contribution < 1.29 is 9.13 Å². The molecule has 90 valence electrons. The maximum atomic E-state index is 13.0. The van der Waals surface area contributed by atoms with Crippen molar-refractivity contribution >= 4 is 10.9 Å². The van der Waals surface area contributed by atoms with E-state index in [0.29, 0.717) is 6.61 Å². The van der Waals surface area contributed by atoms with Crippen molar-refractivity contribution in [3.05, 3.63) is 66.1 Å². The highest BCUT2D eigenvalue weighted by Gasteiger charge is 2.00. The van der Waals surface area contributed by atoms with Crippen LogP contribution < -0.4 is 4.74 Å². The number of benzene rings is 2. The molecule has 2 aromatic carbocycles. The summed E-state index contributed by atoms with van der Waals surface area (Å²) in [6, 6.07) is 14.3. The molecule has 1 N–H and O–H groups in total. The minimum Gasteiger partial charge on any atom is -0.489 e. The summed E-state index contributed by atoms with van der Waals surface area (Å²) < 4.78 is 18.6. The van der Waals surface area contributed by atoms with Crippen LogP contribution in [0.25, 0.3) is 10.9 Å². The number of halogens is 1. The second-order valence-corrected chi connectivity index (χ2v) is 4.15. The first-order valence-corrected chi connectivity index (χ1v) is 5.76. The van der Waals surface area contributed by atoms with Gasteiger partial charge >= 0.3 is 0 Å². The number of rotatable bonds is 3. The number of fused-ring (bicyclic) bond motifs is 1. The summed E-state index contributed by atoms with van der Waals surface area (Å²) >= 11 is 0. The fourth-order valence-electron chi connectivity index (χ4n) is 1.91. The molecular formula is C15H12FNO. The van der Waals surface area contributed by atoms with Crippen molar-refractivity contribution in [3.8, 4) is 5.75 Å². The number of aromatic amines is 1. The number of hydrogen-bond donors (Lipinski definition) is 1. The summed E-state index contributed by atoms with van der Waals surface area (Å²) in [5.74, 6) is 0.545. The molecule has 0 amide bonds. The Kier molecular flexibility index (Phi) is 2.73. The van der Waals surface area contributed by atoms with Crippen LogP contribution >= 0.6 is 0 Å². The Morgan fingerprint density at radius 1 is 1.06 bits per heavy atom. The predicted octanol–water partition coefficient (Wildman–Crippen LogP) is 3.89. The van der Waals surface area contributed by atoms with Crippen LogP contribution in [-0.2, 0) is 6.61 Å². The van der Waals surface area contributed by atoms with Gasteiger partial charge in [0.25, 0.3) is 0 Å². The lowest BCUT2D eigenvalue weighted by atomic mass is 10.2. The molecule has 0 atom stereocenters. The van der Waals surface area contributed by atoms with Crippen LogP contribution in [0.1, 0.15) is 5.56 Å². The van der Waals surface area contributed by atoms with Crippen LogP contribution in [0.3, 0.4) is 0 Å². The van der Waals surface area contributed by atoms with E-state index >= 15 is 0 Å². The number of hydrogen-bond acceptors (Lipinski definition) is 1. The van der Waals surface area contributed by atoms with Gasteiger partial charge in [0, 0.05) is 17.1 Å². The zero-order valence-electron chi connectivity index (χ0n) is 9.69. The third-order valence-corrected chi connectivity index (χ3v) is 2.82. The highest BCUT2D eigenvalue weighted by atomic mass is 19.1. The van der Waals surface area contributed by atoms with Gasteiger partial charge in [-0.2, -0.15) is 0 Å². The van der Waals surface area contributed by atoms with Gasteiger partial charge in [-0.05, 0) is 42.0 Å². The molecule has 3 aromatic rings. The van der Waals surface area contributed by atoms with Crippen molar-refractivity contribution in [3.63, 3.8) is 0 Å². The smallest absolute Gasteiger partial charge is 0.123 e. The maximum Gasteiger partial charge on any atom is 0.123 e. The number of nitrogens with one attached hydrogen (secondary N) is 1. The first kappa shape index (κ1) is 10.8. The minimum atomic E-state index is -0.239. The van der Waals surface area contributed by atoms with E-state index in [1.807, 2.05) is 36.5 Å². The molecule has 0 unspecified atom stereocenters. The summed E-state index contributed by atoms with van der Waals surface area (Å²) in [4.78, 5) is 3.12. The molecule has 0 fully saturated rings. The van der Waals surface area contributed by atoms with Gasteiger partial charge in [-0.15, -0.1) is 0 Å². The van der Waals surface area contributed by atoms with Gasteiger partial charge < -0.3 is 9.72 Å². The Labute approximate surface area is 104 Å². The Hall–Kier alpha value is -2.29. The Bertz CT molecular complexity index is 675. The van der Waals surface area contributed by atoms with Crippen molar-refractivity contribution in [2.75, 3.05) is 0 Å².